The number of hydrogen-bond donors (Lipinski definition) is 0. The van der Waals surface area contributed by atoms with Crippen LogP contribution in [0.1, 0.15) is 51.9 Å². The second kappa shape index (κ2) is 7.84. The van der Waals surface area contributed by atoms with Crippen LogP contribution in [0.2, 0.25) is 0 Å². The summed E-state index contributed by atoms with van der Waals surface area (Å²) in [5.74, 6) is -0.00981. The molecule has 72 valence electrons. The normalized spacial score (nSPS) is 17.6. The van der Waals surface area contributed by atoms with Gasteiger partial charge in [-0.2, -0.15) is 0 Å². The molecule has 0 amide bonds. The van der Waals surface area contributed by atoms with E-state index in [9.17, 15) is 4.79 Å². The van der Waals surface area contributed by atoms with Gasteiger partial charge in [-0.05, 0) is 32.1 Å². The van der Waals surface area contributed by atoms with Gasteiger partial charge in [-0.15, -0.1) is 0 Å². The van der Waals surface area contributed by atoms with Gasteiger partial charge in [0, 0.05) is 6.42 Å². The summed E-state index contributed by atoms with van der Waals surface area (Å²) in [5, 5.41) is 0. The molecule has 1 aliphatic carbocycles. The second-order valence-electron chi connectivity index (χ2n) is 3.50. The molecule has 0 bridgehead atoms. The summed E-state index contributed by atoms with van der Waals surface area (Å²) in [7, 11) is 0. The summed E-state index contributed by atoms with van der Waals surface area (Å²) >= 11 is 0. The zero-order valence-electron chi connectivity index (χ0n) is 7.84. The van der Waals surface area contributed by atoms with Crippen molar-refractivity contribution in [3.63, 3.8) is 0 Å². The number of ether oxygens (including phenoxy) is 1. The van der Waals surface area contributed by atoms with E-state index in [1.807, 2.05) is 6.92 Å². The number of rotatable bonds is 3. The molecule has 1 rings (SSSR count). The average molecular weight is 194 g/mol. The molecule has 1 aliphatic rings. The van der Waals surface area contributed by atoms with Crippen LogP contribution in [-0.4, -0.2) is 41.6 Å². The van der Waals surface area contributed by atoms with Crippen molar-refractivity contribution < 1.29 is 9.53 Å². The van der Waals surface area contributed by atoms with Gasteiger partial charge in [0.1, 0.15) is 6.10 Å². The molecule has 0 aromatic rings. The van der Waals surface area contributed by atoms with Crippen LogP contribution in [0.4, 0.5) is 0 Å². The average Bonchev–Trinajstić information content (AvgIpc) is 2.06. The molecule has 0 radical (unpaired) electrons. The molecule has 0 aliphatic heterocycles. The van der Waals surface area contributed by atoms with Crippen molar-refractivity contribution in [1.82, 2.24) is 0 Å². The van der Waals surface area contributed by atoms with Gasteiger partial charge in [0.2, 0.25) is 0 Å². The first kappa shape index (κ1) is 13.5. The number of carbonyl (C=O) groups excluding carboxylic acids is 1. The molecule has 0 saturated heterocycles. The molecule has 0 heterocycles. The van der Waals surface area contributed by atoms with E-state index in [0.717, 1.165) is 19.3 Å². The molecule has 0 unspecified atom stereocenters. The van der Waals surface area contributed by atoms with E-state index in [-0.39, 0.29) is 41.6 Å². The number of hydrogen-bond acceptors (Lipinski definition) is 2. The summed E-state index contributed by atoms with van der Waals surface area (Å²) in [4.78, 5) is 11.1. The minimum atomic E-state index is -0.00981. The number of esters is 1. The second-order valence-corrected chi connectivity index (χ2v) is 3.50. The van der Waals surface area contributed by atoms with Crippen molar-refractivity contribution >= 4 is 35.5 Å². The van der Waals surface area contributed by atoms with Crippen molar-refractivity contribution in [2.24, 2.45) is 0 Å². The standard InChI is InChI=1S/C10H18O2.Na.H/c1-2-6-10(11)12-9-7-4-3-5-8-9;;/h9H,2-8H2,1H3;;. The zero-order chi connectivity index (χ0) is 8.81. The SMILES string of the molecule is CCCC(=O)OC1CCCCC1.[NaH]. The van der Waals surface area contributed by atoms with Gasteiger partial charge in [0.25, 0.3) is 0 Å². The van der Waals surface area contributed by atoms with Crippen LogP contribution in [0.15, 0.2) is 0 Å². The Morgan fingerprint density at radius 1 is 1.31 bits per heavy atom. The summed E-state index contributed by atoms with van der Waals surface area (Å²) in [6.07, 6.45) is 7.63. The quantitative estimate of drug-likeness (QED) is 0.507. The third-order valence-corrected chi connectivity index (χ3v) is 2.30. The summed E-state index contributed by atoms with van der Waals surface area (Å²) < 4.78 is 5.29. The molecular weight excluding hydrogens is 175 g/mol. The van der Waals surface area contributed by atoms with Gasteiger partial charge in [0.05, 0.1) is 0 Å². The van der Waals surface area contributed by atoms with Gasteiger partial charge in [0.15, 0.2) is 0 Å². The van der Waals surface area contributed by atoms with Gasteiger partial charge in [-0.3, -0.25) is 4.79 Å². The molecule has 0 aromatic heterocycles. The van der Waals surface area contributed by atoms with E-state index in [0.29, 0.717) is 6.42 Å². The van der Waals surface area contributed by atoms with E-state index < -0.39 is 0 Å². The molecule has 3 heteroatoms. The molecule has 1 saturated carbocycles. The van der Waals surface area contributed by atoms with Crippen LogP contribution in [0.5, 0.6) is 0 Å². The minimum absolute atomic E-state index is 0. The van der Waals surface area contributed by atoms with E-state index in [1.54, 1.807) is 0 Å². The maximum absolute atomic E-state index is 11.1. The van der Waals surface area contributed by atoms with Crippen LogP contribution in [0.3, 0.4) is 0 Å². The summed E-state index contributed by atoms with van der Waals surface area (Å²) in [6.45, 7) is 2.00. The molecule has 13 heavy (non-hydrogen) atoms. The van der Waals surface area contributed by atoms with Crippen LogP contribution < -0.4 is 0 Å². The van der Waals surface area contributed by atoms with Crippen molar-refractivity contribution in [1.29, 1.82) is 0 Å². The predicted octanol–water partition coefficient (Wildman–Crippen LogP) is 2.01. The van der Waals surface area contributed by atoms with Crippen molar-refractivity contribution in [3.8, 4) is 0 Å². The maximum atomic E-state index is 11.1. The Bertz CT molecular complexity index is 142. The summed E-state index contributed by atoms with van der Waals surface area (Å²) in [6, 6.07) is 0. The molecule has 2 nitrogen and oxygen atoms in total. The van der Waals surface area contributed by atoms with E-state index in [2.05, 4.69) is 0 Å². The Morgan fingerprint density at radius 3 is 2.46 bits per heavy atom. The van der Waals surface area contributed by atoms with Gasteiger partial charge < -0.3 is 4.74 Å². The fraction of sp³-hybridized carbons (Fsp3) is 0.900. The molecule has 0 aromatic carbocycles. The molecule has 0 spiro atoms. The van der Waals surface area contributed by atoms with Crippen LogP contribution in [0, 0.1) is 0 Å². The van der Waals surface area contributed by atoms with Gasteiger partial charge >= 0.3 is 35.5 Å². The fourth-order valence-corrected chi connectivity index (χ4v) is 1.63. The third-order valence-electron chi connectivity index (χ3n) is 2.30. The topological polar surface area (TPSA) is 26.3 Å². The van der Waals surface area contributed by atoms with Crippen LogP contribution >= 0.6 is 0 Å². The Morgan fingerprint density at radius 2 is 1.92 bits per heavy atom. The summed E-state index contributed by atoms with van der Waals surface area (Å²) in [5.41, 5.74) is 0. The van der Waals surface area contributed by atoms with Gasteiger partial charge in [-0.25, -0.2) is 0 Å². The zero-order valence-corrected chi connectivity index (χ0v) is 7.84. The first-order valence-electron chi connectivity index (χ1n) is 5.02. The number of carbonyl (C=O) groups is 1. The molecule has 0 N–H and O–H groups in total. The van der Waals surface area contributed by atoms with E-state index in [1.165, 1.54) is 19.3 Å². The Balaban J connectivity index is 0.00000144. The van der Waals surface area contributed by atoms with Gasteiger partial charge in [-0.1, -0.05) is 13.3 Å². The predicted molar refractivity (Wildman–Crippen MR) is 55.0 cm³/mol. The first-order chi connectivity index (χ1) is 5.83. The fourth-order valence-electron chi connectivity index (χ4n) is 1.63. The Labute approximate surface area is 103 Å². The molecular formula is C10H19NaO2. The van der Waals surface area contributed by atoms with Crippen LogP contribution in [0.25, 0.3) is 0 Å². The monoisotopic (exact) mass is 194 g/mol. The van der Waals surface area contributed by atoms with E-state index in [4.69, 9.17) is 4.74 Å². The van der Waals surface area contributed by atoms with Crippen molar-refractivity contribution in [3.05, 3.63) is 0 Å². The molecule has 1 fully saturated rings. The Hall–Kier alpha value is 0.470. The Kier molecular flexibility index (Phi) is 8.12. The molecule has 0 atom stereocenters. The first-order valence-corrected chi connectivity index (χ1v) is 5.02. The van der Waals surface area contributed by atoms with Crippen molar-refractivity contribution in [2.75, 3.05) is 0 Å². The van der Waals surface area contributed by atoms with Crippen LogP contribution in [-0.2, 0) is 9.53 Å². The van der Waals surface area contributed by atoms with Crippen molar-refractivity contribution in [2.45, 2.75) is 58.0 Å². The van der Waals surface area contributed by atoms with E-state index >= 15 is 0 Å². The third kappa shape index (κ3) is 5.71.